The molecule has 0 bridgehead atoms. The SMILES string of the molecule is CCc1nc2sc([C@H](c3ccccc3)[NH+]3CCC(C(=O)OC)CC3)c(O)n2n1. The summed E-state index contributed by atoms with van der Waals surface area (Å²) in [6.45, 7) is 3.68. The van der Waals surface area contributed by atoms with Crippen LogP contribution in [0.5, 0.6) is 5.88 Å². The number of hydrogen-bond donors (Lipinski definition) is 2. The quantitative estimate of drug-likeness (QED) is 0.635. The van der Waals surface area contributed by atoms with E-state index in [1.807, 2.05) is 25.1 Å². The minimum Gasteiger partial charge on any atom is -0.492 e. The number of ether oxygens (including phenoxy) is 1. The molecule has 1 atom stereocenters. The number of esters is 1. The molecule has 148 valence electrons. The Bertz CT molecular complexity index is 961. The fraction of sp³-hybridized carbons (Fsp3) is 0.450. The lowest BCUT2D eigenvalue weighted by Gasteiger charge is -2.33. The number of benzene rings is 1. The molecule has 7 nitrogen and oxygen atoms in total. The number of thiazole rings is 1. The van der Waals surface area contributed by atoms with Crippen LogP contribution >= 0.6 is 11.3 Å². The van der Waals surface area contributed by atoms with E-state index in [9.17, 15) is 9.90 Å². The third kappa shape index (κ3) is 3.38. The van der Waals surface area contributed by atoms with Gasteiger partial charge < -0.3 is 14.7 Å². The number of nitrogens with zero attached hydrogens (tertiary/aromatic N) is 3. The molecule has 1 saturated heterocycles. The van der Waals surface area contributed by atoms with Crippen LogP contribution in [0.2, 0.25) is 0 Å². The highest BCUT2D eigenvalue weighted by atomic mass is 32.1. The van der Waals surface area contributed by atoms with E-state index in [0.29, 0.717) is 4.96 Å². The van der Waals surface area contributed by atoms with E-state index in [1.165, 1.54) is 23.3 Å². The number of nitrogens with one attached hydrogen (secondary N) is 1. The van der Waals surface area contributed by atoms with E-state index >= 15 is 0 Å². The third-order valence-electron chi connectivity index (χ3n) is 5.53. The largest absolute Gasteiger partial charge is 0.492 e. The van der Waals surface area contributed by atoms with Crippen LogP contribution in [0.15, 0.2) is 30.3 Å². The maximum atomic E-state index is 11.9. The van der Waals surface area contributed by atoms with Crippen molar-refractivity contribution >= 4 is 22.3 Å². The minimum atomic E-state index is -0.121. The van der Waals surface area contributed by atoms with Gasteiger partial charge in [0.05, 0.1) is 26.1 Å². The molecule has 0 amide bonds. The second kappa shape index (κ2) is 7.89. The smallest absolute Gasteiger partial charge is 0.309 e. The highest BCUT2D eigenvalue weighted by Crippen LogP contribution is 2.35. The second-order valence-corrected chi connectivity index (χ2v) is 8.17. The minimum absolute atomic E-state index is 0.0154. The zero-order valence-electron chi connectivity index (χ0n) is 16.1. The monoisotopic (exact) mass is 401 g/mol. The molecule has 8 heteroatoms. The summed E-state index contributed by atoms with van der Waals surface area (Å²) in [6.07, 6.45) is 2.30. The van der Waals surface area contributed by atoms with Gasteiger partial charge in [-0.1, -0.05) is 48.6 Å². The van der Waals surface area contributed by atoms with Gasteiger partial charge in [0.25, 0.3) is 0 Å². The van der Waals surface area contributed by atoms with E-state index in [4.69, 9.17) is 4.74 Å². The first-order valence-electron chi connectivity index (χ1n) is 9.67. The summed E-state index contributed by atoms with van der Waals surface area (Å²) in [5.74, 6) is 0.747. The molecular weight excluding hydrogens is 376 g/mol. The Kier molecular flexibility index (Phi) is 5.32. The highest BCUT2D eigenvalue weighted by molar-refractivity contribution is 7.17. The number of fused-ring (bicyclic) bond motifs is 1. The highest BCUT2D eigenvalue weighted by Gasteiger charge is 2.37. The van der Waals surface area contributed by atoms with E-state index in [2.05, 4.69) is 22.2 Å². The van der Waals surface area contributed by atoms with Crippen LogP contribution in [0.3, 0.4) is 0 Å². The van der Waals surface area contributed by atoms with Crippen LogP contribution in [0.25, 0.3) is 4.96 Å². The molecule has 2 N–H and O–H groups in total. The Labute approximate surface area is 167 Å². The average Bonchev–Trinajstić information content (AvgIpc) is 3.28. The van der Waals surface area contributed by atoms with Gasteiger partial charge in [0.15, 0.2) is 11.9 Å². The van der Waals surface area contributed by atoms with Crippen molar-refractivity contribution in [1.82, 2.24) is 14.6 Å². The maximum absolute atomic E-state index is 11.9. The molecule has 3 aromatic rings. The van der Waals surface area contributed by atoms with Crippen LogP contribution in [0.4, 0.5) is 0 Å². The number of quaternary nitrogens is 1. The van der Waals surface area contributed by atoms with Crippen molar-refractivity contribution in [2.75, 3.05) is 20.2 Å². The van der Waals surface area contributed by atoms with Gasteiger partial charge in [0, 0.05) is 24.8 Å². The number of rotatable bonds is 5. The fourth-order valence-corrected chi connectivity index (χ4v) is 5.19. The molecule has 0 spiro atoms. The topological polar surface area (TPSA) is 81.2 Å². The number of aromatic hydroxyl groups is 1. The van der Waals surface area contributed by atoms with Crippen LogP contribution in [-0.2, 0) is 16.0 Å². The van der Waals surface area contributed by atoms with Crippen molar-refractivity contribution in [1.29, 1.82) is 0 Å². The summed E-state index contributed by atoms with van der Waals surface area (Å²) in [5, 5.41) is 15.3. The lowest BCUT2D eigenvalue weighted by molar-refractivity contribution is -0.930. The van der Waals surface area contributed by atoms with Crippen LogP contribution < -0.4 is 4.90 Å². The molecule has 0 aliphatic carbocycles. The van der Waals surface area contributed by atoms with Crippen molar-refractivity contribution in [3.8, 4) is 5.88 Å². The van der Waals surface area contributed by atoms with E-state index in [-0.39, 0.29) is 23.8 Å². The van der Waals surface area contributed by atoms with Gasteiger partial charge in [-0.3, -0.25) is 4.79 Å². The van der Waals surface area contributed by atoms with Gasteiger partial charge in [-0.2, -0.15) is 4.52 Å². The van der Waals surface area contributed by atoms with Crippen molar-refractivity contribution in [2.24, 2.45) is 5.92 Å². The third-order valence-corrected chi connectivity index (χ3v) is 6.61. The van der Waals surface area contributed by atoms with E-state index in [0.717, 1.165) is 48.6 Å². The maximum Gasteiger partial charge on any atom is 0.309 e. The van der Waals surface area contributed by atoms with Crippen molar-refractivity contribution < 1.29 is 19.5 Å². The zero-order valence-corrected chi connectivity index (χ0v) is 16.9. The standard InChI is InChI=1S/C20H24N4O3S/c1-3-15-21-20-24(22-15)18(25)17(28-20)16(13-7-5-4-6-8-13)23-11-9-14(10-12-23)19(26)27-2/h4-8,14,16,25H,3,9-12H2,1-2H3/p+1/t16-/m0/s1. The van der Waals surface area contributed by atoms with Gasteiger partial charge in [-0.25, -0.2) is 4.98 Å². The number of aromatic nitrogens is 3. The Hall–Kier alpha value is -2.45. The van der Waals surface area contributed by atoms with Crippen molar-refractivity contribution in [3.63, 3.8) is 0 Å². The zero-order chi connectivity index (χ0) is 19.7. The number of hydrogen-bond acceptors (Lipinski definition) is 6. The number of carbonyl (C=O) groups is 1. The van der Waals surface area contributed by atoms with Gasteiger partial charge >= 0.3 is 5.97 Å². The molecule has 28 heavy (non-hydrogen) atoms. The summed E-state index contributed by atoms with van der Waals surface area (Å²) in [6, 6.07) is 10.2. The van der Waals surface area contributed by atoms with Crippen molar-refractivity contribution in [2.45, 2.75) is 32.2 Å². The Balaban J connectivity index is 1.69. The van der Waals surface area contributed by atoms with E-state index in [1.54, 1.807) is 4.52 Å². The second-order valence-electron chi connectivity index (χ2n) is 7.17. The van der Waals surface area contributed by atoms with Crippen molar-refractivity contribution in [3.05, 3.63) is 46.6 Å². The number of piperidine rings is 1. The molecule has 0 saturated carbocycles. The molecule has 2 aromatic heterocycles. The van der Waals surface area contributed by atoms with Crippen LogP contribution in [-0.4, -0.2) is 45.9 Å². The molecule has 0 radical (unpaired) electrons. The predicted molar refractivity (Wildman–Crippen MR) is 106 cm³/mol. The first-order valence-corrected chi connectivity index (χ1v) is 10.5. The van der Waals surface area contributed by atoms with Crippen LogP contribution in [0.1, 0.15) is 42.1 Å². The first-order chi connectivity index (χ1) is 13.6. The lowest BCUT2D eigenvalue weighted by Crippen LogP contribution is -3.13. The van der Waals surface area contributed by atoms with Crippen LogP contribution in [0, 0.1) is 5.92 Å². The summed E-state index contributed by atoms with van der Waals surface area (Å²) in [4.78, 5) is 19.3. The summed E-state index contributed by atoms with van der Waals surface area (Å²) < 4.78 is 6.47. The summed E-state index contributed by atoms with van der Waals surface area (Å²) in [7, 11) is 1.45. The predicted octanol–water partition coefficient (Wildman–Crippen LogP) is 1.62. The molecule has 0 unspecified atom stereocenters. The molecule has 1 aliphatic heterocycles. The summed E-state index contributed by atoms with van der Waals surface area (Å²) >= 11 is 1.50. The van der Waals surface area contributed by atoms with Gasteiger partial charge in [0.2, 0.25) is 10.8 Å². The Morgan fingerprint density at radius 3 is 2.68 bits per heavy atom. The van der Waals surface area contributed by atoms with Gasteiger partial charge in [-0.15, -0.1) is 5.10 Å². The molecule has 3 heterocycles. The number of likely N-dealkylation sites (tertiary alicyclic amines) is 1. The summed E-state index contributed by atoms with van der Waals surface area (Å²) in [5.41, 5.74) is 1.14. The molecule has 1 aliphatic rings. The number of carbonyl (C=O) groups excluding carboxylic acids is 1. The first kappa shape index (κ1) is 18.9. The molecule has 1 aromatic carbocycles. The average molecular weight is 402 g/mol. The fourth-order valence-electron chi connectivity index (χ4n) is 4.03. The Morgan fingerprint density at radius 2 is 2.07 bits per heavy atom. The molecule has 1 fully saturated rings. The number of aryl methyl sites for hydroxylation is 1. The lowest BCUT2D eigenvalue weighted by atomic mass is 9.94. The Morgan fingerprint density at radius 1 is 1.36 bits per heavy atom. The molecule has 4 rings (SSSR count). The normalized spacial score (nSPS) is 20.9. The van der Waals surface area contributed by atoms with Gasteiger partial charge in [0.1, 0.15) is 4.88 Å². The molecular formula is C20H25N4O3S+. The number of methoxy groups -OCH3 is 1. The van der Waals surface area contributed by atoms with Gasteiger partial charge in [-0.05, 0) is 0 Å². The van der Waals surface area contributed by atoms with E-state index < -0.39 is 0 Å².